The first-order chi connectivity index (χ1) is 9.17. The smallest absolute Gasteiger partial charge is 0.311 e. The zero-order valence-electron chi connectivity index (χ0n) is 11.0. The summed E-state index contributed by atoms with van der Waals surface area (Å²) >= 11 is 1.50. The molecule has 0 unspecified atom stereocenters. The van der Waals surface area contributed by atoms with Gasteiger partial charge in [0.25, 0.3) is 0 Å². The number of carbonyl (C=O) groups excluding carboxylic acids is 1. The van der Waals surface area contributed by atoms with E-state index in [9.17, 15) is 4.79 Å². The Kier molecular flexibility index (Phi) is 4.52. The van der Waals surface area contributed by atoms with Gasteiger partial charge in [0.2, 0.25) is 0 Å². The van der Waals surface area contributed by atoms with Crippen LogP contribution in [0.2, 0.25) is 0 Å². The third-order valence-corrected chi connectivity index (χ3v) is 3.48. The molecule has 1 aromatic heterocycles. The third-order valence-electron chi connectivity index (χ3n) is 2.63. The largest absolute Gasteiger partial charge is 0.469 e. The summed E-state index contributed by atoms with van der Waals surface area (Å²) in [5.74, 6) is -0.268. The first kappa shape index (κ1) is 13.5. The fourth-order valence-corrected chi connectivity index (χ4v) is 2.40. The molecule has 1 aromatic carbocycles. The van der Waals surface area contributed by atoms with Crippen LogP contribution in [0.4, 0.5) is 5.13 Å². The summed E-state index contributed by atoms with van der Waals surface area (Å²) in [6.07, 6.45) is 0.221. The number of nitrogens with one attached hydrogen (secondary N) is 1. The zero-order valence-corrected chi connectivity index (χ0v) is 11.8. The molecule has 0 saturated carbocycles. The molecule has 0 bridgehead atoms. The van der Waals surface area contributed by atoms with E-state index in [4.69, 9.17) is 0 Å². The average Bonchev–Trinajstić information content (AvgIpc) is 2.84. The maximum atomic E-state index is 11.1. The second kappa shape index (κ2) is 6.33. The lowest BCUT2D eigenvalue weighted by Gasteiger charge is -2.03. The van der Waals surface area contributed by atoms with Gasteiger partial charge in [0.15, 0.2) is 5.13 Å². The highest BCUT2D eigenvalue weighted by Gasteiger charge is 2.07. The standard InChI is InChI=1S/C14H16N2O2S/c1-10-4-3-5-11(6-10)8-15-14-16-12(9-19-14)7-13(17)18-2/h3-6,9H,7-8H2,1-2H3,(H,15,16). The predicted molar refractivity (Wildman–Crippen MR) is 76.3 cm³/mol. The van der Waals surface area contributed by atoms with Crippen molar-refractivity contribution >= 4 is 22.4 Å². The molecule has 100 valence electrons. The number of methoxy groups -OCH3 is 1. The summed E-state index contributed by atoms with van der Waals surface area (Å²) < 4.78 is 4.61. The van der Waals surface area contributed by atoms with E-state index in [1.54, 1.807) is 0 Å². The van der Waals surface area contributed by atoms with E-state index in [2.05, 4.69) is 40.2 Å². The van der Waals surface area contributed by atoms with E-state index < -0.39 is 0 Å². The summed E-state index contributed by atoms with van der Waals surface area (Å²) in [7, 11) is 1.38. The number of thiazole rings is 1. The minimum absolute atomic E-state index is 0.221. The Morgan fingerprint density at radius 1 is 1.47 bits per heavy atom. The van der Waals surface area contributed by atoms with Gasteiger partial charge in [-0.15, -0.1) is 11.3 Å². The fraction of sp³-hybridized carbons (Fsp3) is 0.286. The number of hydrogen-bond donors (Lipinski definition) is 1. The fourth-order valence-electron chi connectivity index (χ4n) is 1.69. The quantitative estimate of drug-likeness (QED) is 0.853. The average molecular weight is 276 g/mol. The molecule has 2 rings (SSSR count). The summed E-state index contributed by atoms with van der Waals surface area (Å²) in [5, 5.41) is 5.95. The van der Waals surface area contributed by atoms with Crippen LogP contribution < -0.4 is 5.32 Å². The maximum absolute atomic E-state index is 11.1. The van der Waals surface area contributed by atoms with Gasteiger partial charge in [0, 0.05) is 11.9 Å². The van der Waals surface area contributed by atoms with Gasteiger partial charge in [-0.25, -0.2) is 4.98 Å². The molecule has 0 saturated heterocycles. The van der Waals surface area contributed by atoms with Crippen molar-refractivity contribution < 1.29 is 9.53 Å². The molecule has 0 radical (unpaired) electrons. The van der Waals surface area contributed by atoms with Crippen molar-refractivity contribution in [3.05, 3.63) is 46.5 Å². The van der Waals surface area contributed by atoms with Crippen LogP contribution in [-0.4, -0.2) is 18.1 Å². The SMILES string of the molecule is COC(=O)Cc1csc(NCc2cccc(C)c2)n1. The number of carbonyl (C=O) groups is 1. The first-order valence-electron chi connectivity index (χ1n) is 5.98. The van der Waals surface area contributed by atoms with Crippen LogP contribution in [-0.2, 0) is 22.5 Å². The van der Waals surface area contributed by atoms with Crippen molar-refractivity contribution in [2.75, 3.05) is 12.4 Å². The number of aromatic nitrogens is 1. The highest BCUT2D eigenvalue weighted by Crippen LogP contribution is 2.17. The highest BCUT2D eigenvalue weighted by molar-refractivity contribution is 7.13. The van der Waals surface area contributed by atoms with Gasteiger partial charge in [-0.3, -0.25) is 4.79 Å². The molecule has 5 heteroatoms. The van der Waals surface area contributed by atoms with Crippen LogP contribution >= 0.6 is 11.3 Å². The molecule has 2 aromatic rings. The molecular formula is C14H16N2O2S. The minimum Gasteiger partial charge on any atom is -0.469 e. The van der Waals surface area contributed by atoms with Crippen molar-refractivity contribution in [1.29, 1.82) is 0 Å². The minimum atomic E-state index is -0.268. The van der Waals surface area contributed by atoms with Crippen LogP contribution in [0.5, 0.6) is 0 Å². The molecule has 0 atom stereocenters. The maximum Gasteiger partial charge on any atom is 0.311 e. The van der Waals surface area contributed by atoms with Crippen LogP contribution in [0, 0.1) is 6.92 Å². The van der Waals surface area contributed by atoms with Crippen molar-refractivity contribution in [3.8, 4) is 0 Å². The van der Waals surface area contributed by atoms with Crippen LogP contribution in [0.3, 0.4) is 0 Å². The Morgan fingerprint density at radius 3 is 3.05 bits per heavy atom. The molecule has 0 aliphatic rings. The van der Waals surface area contributed by atoms with Gasteiger partial charge in [0.05, 0.1) is 19.2 Å². The number of benzene rings is 1. The molecule has 0 amide bonds. The number of nitrogens with zero attached hydrogens (tertiary/aromatic N) is 1. The second-order valence-electron chi connectivity index (χ2n) is 4.24. The Morgan fingerprint density at radius 2 is 2.32 bits per heavy atom. The number of ether oxygens (including phenoxy) is 1. The monoisotopic (exact) mass is 276 g/mol. The molecule has 4 nitrogen and oxygen atoms in total. The Labute approximate surface area is 116 Å². The molecule has 0 aliphatic carbocycles. The van der Waals surface area contributed by atoms with Crippen molar-refractivity contribution in [3.63, 3.8) is 0 Å². The number of anilines is 1. The Hall–Kier alpha value is -1.88. The lowest BCUT2D eigenvalue weighted by atomic mass is 10.1. The predicted octanol–water partition coefficient (Wildman–Crippen LogP) is 2.78. The normalized spacial score (nSPS) is 10.2. The molecular weight excluding hydrogens is 260 g/mol. The van der Waals surface area contributed by atoms with E-state index in [-0.39, 0.29) is 12.4 Å². The number of rotatable bonds is 5. The van der Waals surface area contributed by atoms with Crippen LogP contribution in [0.25, 0.3) is 0 Å². The molecule has 1 heterocycles. The number of hydrogen-bond acceptors (Lipinski definition) is 5. The Balaban J connectivity index is 1.91. The van der Waals surface area contributed by atoms with Crippen LogP contribution in [0.1, 0.15) is 16.8 Å². The molecule has 0 fully saturated rings. The van der Waals surface area contributed by atoms with Gasteiger partial charge in [0.1, 0.15) is 0 Å². The highest BCUT2D eigenvalue weighted by atomic mass is 32.1. The van der Waals surface area contributed by atoms with Gasteiger partial charge in [-0.1, -0.05) is 29.8 Å². The second-order valence-corrected chi connectivity index (χ2v) is 5.10. The third kappa shape index (κ3) is 4.06. The van der Waals surface area contributed by atoms with E-state index in [1.807, 2.05) is 11.4 Å². The molecule has 1 N–H and O–H groups in total. The van der Waals surface area contributed by atoms with E-state index in [1.165, 1.54) is 29.6 Å². The van der Waals surface area contributed by atoms with Crippen molar-refractivity contribution in [2.24, 2.45) is 0 Å². The topological polar surface area (TPSA) is 51.2 Å². The van der Waals surface area contributed by atoms with Crippen LogP contribution in [0.15, 0.2) is 29.6 Å². The Bertz CT molecular complexity index is 566. The van der Waals surface area contributed by atoms with Gasteiger partial charge >= 0.3 is 5.97 Å². The summed E-state index contributed by atoms with van der Waals surface area (Å²) in [4.78, 5) is 15.5. The number of aryl methyl sites for hydroxylation is 1. The van der Waals surface area contributed by atoms with E-state index in [0.717, 1.165) is 17.4 Å². The van der Waals surface area contributed by atoms with Gasteiger partial charge in [-0.05, 0) is 12.5 Å². The van der Waals surface area contributed by atoms with Crippen molar-refractivity contribution in [1.82, 2.24) is 4.98 Å². The van der Waals surface area contributed by atoms with Gasteiger partial charge < -0.3 is 10.1 Å². The number of esters is 1. The van der Waals surface area contributed by atoms with Crippen molar-refractivity contribution in [2.45, 2.75) is 19.9 Å². The first-order valence-corrected chi connectivity index (χ1v) is 6.86. The summed E-state index contributed by atoms with van der Waals surface area (Å²) in [6.45, 7) is 2.80. The molecule has 0 spiro atoms. The molecule has 0 aliphatic heterocycles. The summed E-state index contributed by atoms with van der Waals surface area (Å²) in [5.41, 5.74) is 3.19. The lowest BCUT2D eigenvalue weighted by molar-refractivity contribution is -0.139. The molecule has 19 heavy (non-hydrogen) atoms. The van der Waals surface area contributed by atoms with E-state index >= 15 is 0 Å². The van der Waals surface area contributed by atoms with E-state index in [0.29, 0.717) is 0 Å². The van der Waals surface area contributed by atoms with Gasteiger partial charge in [-0.2, -0.15) is 0 Å². The lowest BCUT2D eigenvalue weighted by Crippen LogP contribution is -2.05. The summed E-state index contributed by atoms with van der Waals surface area (Å²) in [6, 6.07) is 8.32. The zero-order chi connectivity index (χ0) is 13.7.